The Labute approximate surface area is 367 Å². The summed E-state index contributed by atoms with van der Waals surface area (Å²) in [6.45, 7) is 4.06. The van der Waals surface area contributed by atoms with E-state index in [0.717, 1.165) is 51.4 Å². The van der Waals surface area contributed by atoms with E-state index < -0.39 is 36.9 Å². The van der Waals surface area contributed by atoms with Gasteiger partial charge in [0.05, 0.1) is 18.8 Å². The third-order valence-corrected chi connectivity index (χ3v) is 12.1. The molecule has 0 aromatic carbocycles. The van der Waals surface area contributed by atoms with Crippen molar-refractivity contribution in [2.45, 2.75) is 289 Å². The molecular formula is C53H101NO5. The largest absolute Gasteiger partial charge is 0.394 e. The van der Waals surface area contributed by atoms with Crippen molar-refractivity contribution >= 4 is 5.91 Å². The van der Waals surface area contributed by atoms with Crippen LogP contribution in [0.1, 0.15) is 264 Å². The molecule has 5 N–H and O–H groups in total. The fraction of sp³-hybridized carbons (Fsp3) is 0.868. The van der Waals surface area contributed by atoms with E-state index in [1.54, 1.807) is 0 Å². The summed E-state index contributed by atoms with van der Waals surface area (Å²) < 4.78 is 0. The minimum atomic E-state index is -1.29. The maximum atomic E-state index is 12.5. The Morgan fingerprint density at radius 1 is 0.407 bits per heavy atom. The lowest BCUT2D eigenvalue weighted by Crippen LogP contribution is -2.53. The molecule has 4 unspecified atom stereocenters. The van der Waals surface area contributed by atoms with Crippen LogP contribution in [0.4, 0.5) is 0 Å². The van der Waals surface area contributed by atoms with Crippen LogP contribution in [0.15, 0.2) is 36.5 Å². The molecule has 0 aromatic heterocycles. The molecule has 0 aliphatic rings. The molecule has 0 saturated heterocycles. The highest BCUT2D eigenvalue weighted by Crippen LogP contribution is 2.16. The van der Waals surface area contributed by atoms with Crippen LogP contribution in [0.25, 0.3) is 0 Å². The van der Waals surface area contributed by atoms with E-state index in [4.69, 9.17) is 0 Å². The SMILES string of the molecule is CCCCCCCCCCCCCCC/C=C/CC/C=C/CC/C=C/CCCC(O)C(O)C(CO)NC(=O)C(O)CCCCCCCCCCCCCCCCCCC. The molecule has 0 rings (SSSR count). The number of allylic oxidation sites excluding steroid dienone is 6. The fourth-order valence-corrected chi connectivity index (χ4v) is 7.97. The molecule has 59 heavy (non-hydrogen) atoms. The van der Waals surface area contributed by atoms with Crippen molar-refractivity contribution in [2.24, 2.45) is 0 Å². The van der Waals surface area contributed by atoms with Gasteiger partial charge in [-0.3, -0.25) is 4.79 Å². The smallest absolute Gasteiger partial charge is 0.249 e. The van der Waals surface area contributed by atoms with Crippen molar-refractivity contribution in [3.63, 3.8) is 0 Å². The Morgan fingerprint density at radius 2 is 0.712 bits per heavy atom. The Morgan fingerprint density at radius 3 is 1.07 bits per heavy atom. The molecule has 348 valence electrons. The van der Waals surface area contributed by atoms with Crippen LogP contribution in [0.5, 0.6) is 0 Å². The van der Waals surface area contributed by atoms with Crippen molar-refractivity contribution in [1.82, 2.24) is 5.32 Å². The van der Waals surface area contributed by atoms with E-state index in [-0.39, 0.29) is 0 Å². The molecule has 0 spiro atoms. The standard InChI is InChI=1S/C53H101NO5/c1-3-5-7-9-11-13-15-17-19-21-22-23-24-25-26-27-28-29-31-32-34-36-38-40-42-44-46-50(56)52(58)49(48-55)54-53(59)51(57)47-45-43-41-39-37-35-33-30-20-18-16-14-12-10-8-6-4-2/h26-27,31-32,38,40,49-52,55-58H,3-25,28-30,33-37,39,41-48H2,1-2H3,(H,54,59)/b27-26+,32-31+,40-38+. The predicted molar refractivity (Wildman–Crippen MR) is 256 cm³/mol. The van der Waals surface area contributed by atoms with Crippen molar-refractivity contribution in [3.8, 4) is 0 Å². The third kappa shape index (κ3) is 41.6. The average molecular weight is 832 g/mol. The number of rotatable bonds is 47. The van der Waals surface area contributed by atoms with Gasteiger partial charge in [0, 0.05) is 0 Å². The highest BCUT2D eigenvalue weighted by molar-refractivity contribution is 5.80. The molecule has 0 saturated carbocycles. The van der Waals surface area contributed by atoms with E-state index in [0.29, 0.717) is 19.3 Å². The lowest BCUT2D eigenvalue weighted by molar-refractivity contribution is -0.132. The summed E-state index contributed by atoms with van der Waals surface area (Å²) in [6, 6.07) is -1.01. The normalized spacial score (nSPS) is 14.2. The highest BCUT2D eigenvalue weighted by Gasteiger charge is 2.28. The fourth-order valence-electron chi connectivity index (χ4n) is 7.97. The van der Waals surface area contributed by atoms with E-state index in [2.05, 4.69) is 55.6 Å². The number of hydrogen-bond acceptors (Lipinski definition) is 5. The van der Waals surface area contributed by atoms with E-state index in [1.807, 2.05) is 0 Å². The number of carbonyl (C=O) groups excluding carboxylic acids is 1. The van der Waals surface area contributed by atoms with E-state index in [1.165, 1.54) is 180 Å². The number of unbranched alkanes of at least 4 members (excludes halogenated alkanes) is 32. The lowest BCUT2D eigenvalue weighted by Gasteiger charge is -2.27. The molecule has 0 aliphatic carbocycles. The van der Waals surface area contributed by atoms with Gasteiger partial charge in [0.2, 0.25) is 5.91 Å². The predicted octanol–water partition coefficient (Wildman–Crippen LogP) is 14.5. The van der Waals surface area contributed by atoms with Crippen molar-refractivity contribution < 1.29 is 25.2 Å². The Kier molecular flexibility index (Phi) is 46.4. The highest BCUT2D eigenvalue weighted by atomic mass is 16.3. The summed E-state index contributed by atoms with van der Waals surface area (Å²) in [4.78, 5) is 12.5. The molecule has 4 atom stereocenters. The number of carbonyl (C=O) groups is 1. The van der Waals surface area contributed by atoms with Crippen LogP contribution in [-0.2, 0) is 4.79 Å². The van der Waals surface area contributed by atoms with Crippen LogP contribution >= 0.6 is 0 Å². The summed E-state index contributed by atoms with van der Waals surface area (Å²) in [7, 11) is 0. The third-order valence-electron chi connectivity index (χ3n) is 12.1. The topological polar surface area (TPSA) is 110 Å². The summed E-state index contributed by atoms with van der Waals surface area (Å²) in [5.74, 6) is -0.597. The minimum absolute atomic E-state index is 0.361. The average Bonchev–Trinajstić information content (AvgIpc) is 3.24. The molecule has 0 bridgehead atoms. The first-order valence-corrected chi connectivity index (χ1v) is 25.9. The van der Waals surface area contributed by atoms with Gasteiger partial charge in [-0.2, -0.15) is 0 Å². The van der Waals surface area contributed by atoms with Gasteiger partial charge in [-0.1, -0.05) is 237 Å². The second-order valence-electron chi connectivity index (χ2n) is 17.8. The first kappa shape index (κ1) is 57.5. The molecular weight excluding hydrogens is 731 g/mol. The molecule has 0 radical (unpaired) electrons. The number of aliphatic hydroxyl groups is 4. The van der Waals surface area contributed by atoms with Crippen molar-refractivity contribution in [3.05, 3.63) is 36.5 Å². The molecule has 6 heteroatoms. The van der Waals surface area contributed by atoms with Crippen molar-refractivity contribution in [1.29, 1.82) is 0 Å². The number of nitrogens with one attached hydrogen (secondary N) is 1. The quantitative estimate of drug-likeness (QED) is 0.0310. The molecule has 0 heterocycles. The summed E-state index contributed by atoms with van der Waals surface area (Å²) >= 11 is 0. The molecule has 1 amide bonds. The zero-order valence-corrected chi connectivity index (χ0v) is 39.3. The summed E-state index contributed by atoms with van der Waals surface area (Å²) in [5.41, 5.74) is 0. The lowest BCUT2D eigenvalue weighted by atomic mass is 10.00. The maximum Gasteiger partial charge on any atom is 0.249 e. The van der Waals surface area contributed by atoms with Crippen LogP contribution in [-0.4, -0.2) is 57.3 Å². The van der Waals surface area contributed by atoms with Gasteiger partial charge in [-0.15, -0.1) is 0 Å². The summed E-state index contributed by atoms with van der Waals surface area (Å²) in [5, 5.41) is 43.8. The van der Waals surface area contributed by atoms with E-state index >= 15 is 0 Å². The van der Waals surface area contributed by atoms with Crippen LogP contribution in [0.3, 0.4) is 0 Å². The van der Waals surface area contributed by atoms with Crippen molar-refractivity contribution in [2.75, 3.05) is 6.61 Å². The summed E-state index contributed by atoms with van der Waals surface area (Å²) in [6.07, 6.45) is 57.7. The first-order valence-electron chi connectivity index (χ1n) is 25.9. The number of aliphatic hydroxyl groups excluding tert-OH is 4. The van der Waals surface area contributed by atoms with Gasteiger partial charge in [0.15, 0.2) is 0 Å². The Bertz CT molecular complexity index is 935. The monoisotopic (exact) mass is 832 g/mol. The Balaban J connectivity index is 3.74. The van der Waals surface area contributed by atoms with Crippen LogP contribution < -0.4 is 5.32 Å². The van der Waals surface area contributed by atoms with Gasteiger partial charge in [0.1, 0.15) is 12.2 Å². The van der Waals surface area contributed by atoms with Gasteiger partial charge < -0.3 is 25.7 Å². The van der Waals surface area contributed by atoms with Crippen LogP contribution in [0, 0.1) is 0 Å². The molecule has 6 nitrogen and oxygen atoms in total. The maximum absolute atomic E-state index is 12.5. The van der Waals surface area contributed by atoms with Gasteiger partial charge in [-0.05, 0) is 64.2 Å². The number of hydrogen-bond donors (Lipinski definition) is 5. The van der Waals surface area contributed by atoms with Gasteiger partial charge in [0.25, 0.3) is 0 Å². The molecule has 0 fully saturated rings. The zero-order chi connectivity index (χ0) is 43.1. The molecule has 0 aromatic rings. The first-order chi connectivity index (χ1) is 29.0. The van der Waals surface area contributed by atoms with Gasteiger partial charge >= 0.3 is 0 Å². The molecule has 0 aliphatic heterocycles. The minimum Gasteiger partial charge on any atom is -0.394 e. The second kappa shape index (κ2) is 47.6. The zero-order valence-electron chi connectivity index (χ0n) is 39.3. The Hall–Kier alpha value is -1.47. The number of amides is 1. The van der Waals surface area contributed by atoms with Crippen LogP contribution in [0.2, 0.25) is 0 Å². The van der Waals surface area contributed by atoms with Gasteiger partial charge in [-0.25, -0.2) is 0 Å². The second-order valence-corrected chi connectivity index (χ2v) is 17.8. The van der Waals surface area contributed by atoms with E-state index in [9.17, 15) is 25.2 Å².